The summed E-state index contributed by atoms with van der Waals surface area (Å²) in [5.74, 6) is 0.783. The Hall–Kier alpha value is -3.13. The van der Waals surface area contributed by atoms with Crippen molar-refractivity contribution in [3.63, 3.8) is 0 Å². The first-order valence-corrected chi connectivity index (χ1v) is 10.6. The Morgan fingerprint density at radius 3 is 2.70 bits per heavy atom. The Balaban J connectivity index is 1.34. The van der Waals surface area contributed by atoms with Gasteiger partial charge in [-0.15, -0.1) is 11.8 Å². The van der Waals surface area contributed by atoms with Gasteiger partial charge in [-0.1, -0.05) is 41.6 Å². The van der Waals surface area contributed by atoms with Crippen LogP contribution >= 0.6 is 11.8 Å². The Labute approximate surface area is 178 Å². The molecule has 0 aliphatic carbocycles. The predicted octanol–water partition coefficient (Wildman–Crippen LogP) is 3.41. The van der Waals surface area contributed by atoms with Crippen LogP contribution in [0, 0.1) is 6.92 Å². The third-order valence-corrected chi connectivity index (χ3v) is 5.90. The van der Waals surface area contributed by atoms with Gasteiger partial charge in [0.05, 0.1) is 11.3 Å². The Morgan fingerprint density at radius 1 is 1.13 bits per heavy atom. The number of hydrogen-bond donors (Lipinski definition) is 0. The number of aromatic nitrogens is 2. The zero-order chi connectivity index (χ0) is 20.9. The van der Waals surface area contributed by atoms with Crippen LogP contribution in [-0.4, -0.2) is 40.1 Å². The number of amides is 1. The zero-order valence-corrected chi connectivity index (χ0v) is 17.4. The first-order chi connectivity index (χ1) is 14.6. The number of carbonyl (C=O) groups is 2. The van der Waals surface area contributed by atoms with Crippen LogP contribution in [0.25, 0.3) is 0 Å². The van der Waals surface area contributed by atoms with Crippen LogP contribution in [-0.2, 0) is 28.2 Å². The number of carbonyl (C=O) groups excluding carboxylic acids is 2. The Morgan fingerprint density at radius 2 is 1.90 bits per heavy atom. The van der Waals surface area contributed by atoms with Crippen molar-refractivity contribution < 1.29 is 18.8 Å². The number of nitrogens with zero attached hydrogens (tertiary/aromatic N) is 3. The molecule has 0 fully saturated rings. The lowest BCUT2D eigenvalue weighted by Gasteiger charge is -2.28. The molecule has 0 saturated heterocycles. The van der Waals surface area contributed by atoms with Crippen LogP contribution in [0.15, 0.2) is 57.9 Å². The van der Waals surface area contributed by atoms with Crippen molar-refractivity contribution in [2.75, 3.05) is 13.2 Å². The van der Waals surface area contributed by atoms with Crippen LogP contribution in [0.1, 0.15) is 33.2 Å². The summed E-state index contributed by atoms with van der Waals surface area (Å²) in [4.78, 5) is 31.8. The maximum atomic E-state index is 12.6. The second-order valence-electron chi connectivity index (χ2n) is 6.93. The third-order valence-electron chi connectivity index (χ3n) is 4.84. The van der Waals surface area contributed by atoms with E-state index in [-0.39, 0.29) is 12.5 Å². The van der Waals surface area contributed by atoms with E-state index >= 15 is 0 Å². The first kappa shape index (κ1) is 20.2. The number of fused-ring (bicyclic) bond motifs is 1. The number of benzene rings is 2. The van der Waals surface area contributed by atoms with Gasteiger partial charge in [0.25, 0.3) is 5.91 Å². The van der Waals surface area contributed by atoms with E-state index in [2.05, 4.69) is 16.2 Å². The summed E-state index contributed by atoms with van der Waals surface area (Å²) in [7, 11) is 0. The van der Waals surface area contributed by atoms with Crippen molar-refractivity contribution in [2.45, 2.75) is 30.5 Å². The van der Waals surface area contributed by atoms with E-state index in [1.54, 1.807) is 24.0 Å². The average molecular weight is 423 g/mol. The van der Waals surface area contributed by atoms with Crippen molar-refractivity contribution in [3.8, 4) is 0 Å². The lowest BCUT2D eigenvalue weighted by atomic mass is 10.00. The molecule has 1 amide bonds. The van der Waals surface area contributed by atoms with E-state index in [1.807, 2.05) is 30.3 Å². The summed E-state index contributed by atoms with van der Waals surface area (Å²) in [6, 6.07) is 15.2. The minimum absolute atomic E-state index is 0.190. The van der Waals surface area contributed by atoms with E-state index in [0.717, 1.165) is 16.9 Å². The molecule has 30 heavy (non-hydrogen) atoms. The van der Waals surface area contributed by atoms with Crippen molar-refractivity contribution in [1.82, 2.24) is 15.0 Å². The monoisotopic (exact) mass is 423 g/mol. The summed E-state index contributed by atoms with van der Waals surface area (Å²) in [5, 5.41) is 3.76. The van der Waals surface area contributed by atoms with Crippen LogP contribution < -0.4 is 0 Å². The molecule has 0 radical (unpaired) electrons. The lowest BCUT2D eigenvalue weighted by Crippen LogP contribution is -2.38. The Kier molecular flexibility index (Phi) is 6.13. The molecule has 154 valence electrons. The first-order valence-electron chi connectivity index (χ1n) is 9.63. The lowest BCUT2D eigenvalue weighted by molar-refractivity contribution is -0.135. The summed E-state index contributed by atoms with van der Waals surface area (Å²) >= 11 is 1.40. The number of hydrogen-bond acceptors (Lipinski definition) is 7. The van der Waals surface area contributed by atoms with E-state index in [4.69, 9.17) is 9.26 Å². The van der Waals surface area contributed by atoms with Gasteiger partial charge in [-0.05, 0) is 36.6 Å². The second kappa shape index (κ2) is 9.13. The molecule has 1 aliphatic rings. The van der Waals surface area contributed by atoms with Gasteiger partial charge in [-0.2, -0.15) is 4.98 Å². The highest BCUT2D eigenvalue weighted by atomic mass is 32.2. The largest absolute Gasteiger partial charge is 0.452 e. The molecule has 7 nitrogen and oxygen atoms in total. The molecule has 0 atom stereocenters. The molecular formula is C22H21N3O4S. The van der Waals surface area contributed by atoms with E-state index in [1.165, 1.54) is 17.3 Å². The minimum Gasteiger partial charge on any atom is -0.452 e. The molecule has 0 bridgehead atoms. The molecule has 0 N–H and O–H groups in total. The molecule has 2 aromatic carbocycles. The van der Waals surface area contributed by atoms with Gasteiger partial charge in [0.15, 0.2) is 12.4 Å². The van der Waals surface area contributed by atoms with Crippen LogP contribution in [0.5, 0.6) is 0 Å². The van der Waals surface area contributed by atoms with Crippen LogP contribution in [0.2, 0.25) is 0 Å². The minimum atomic E-state index is -0.523. The smallest absolute Gasteiger partial charge is 0.339 e. The predicted molar refractivity (Wildman–Crippen MR) is 111 cm³/mol. The molecular weight excluding hydrogens is 402 g/mol. The average Bonchev–Trinajstić information content (AvgIpc) is 3.20. The fourth-order valence-electron chi connectivity index (χ4n) is 3.30. The summed E-state index contributed by atoms with van der Waals surface area (Å²) in [6.45, 7) is 2.65. The number of esters is 1. The fourth-order valence-corrected chi connectivity index (χ4v) is 4.18. The van der Waals surface area contributed by atoms with Gasteiger partial charge in [0, 0.05) is 18.0 Å². The standard InChI is InChI=1S/C22H21N3O4S/c1-15-23-20(29-24-15)14-30-19-9-5-4-8-18(19)22(27)28-13-21(26)25-11-10-16-6-2-3-7-17(16)12-25/h2-9H,10-14H2,1H3. The molecule has 0 spiro atoms. The van der Waals surface area contributed by atoms with E-state index in [9.17, 15) is 9.59 Å². The molecule has 2 heterocycles. The molecule has 0 unspecified atom stereocenters. The normalized spacial score (nSPS) is 13.0. The highest BCUT2D eigenvalue weighted by molar-refractivity contribution is 7.98. The van der Waals surface area contributed by atoms with Crippen molar-refractivity contribution in [1.29, 1.82) is 0 Å². The molecule has 1 aromatic heterocycles. The zero-order valence-electron chi connectivity index (χ0n) is 16.5. The third kappa shape index (κ3) is 4.71. The Bertz CT molecular complexity index is 1070. The van der Waals surface area contributed by atoms with Gasteiger partial charge in [-0.25, -0.2) is 4.79 Å². The maximum absolute atomic E-state index is 12.6. The van der Waals surface area contributed by atoms with Gasteiger partial charge < -0.3 is 14.2 Å². The van der Waals surface area contributed by atoms with E-state index in [0.29, 0.717) is 36.1 Å². The molecule has 3 aromatic rings. The molecule has 4 rings (SSSR count). The fraction of sp³-hybridized carbons (Fsp3) is 0.273. The number of aryl methyl sites for hydroxylation is 1. The molecule has 8 heteroatoms. The SMILES string of the molecule is Cc1noc(CSc2ccccc2C(=O)OCC(=O)N2CCc3ccccc3C2)n1. The highest BCUT2D eigenvalue weighted by Crippen LogP contribution is 2.26. The van der Waals surface area contributed by atoms with Crippen LogP contribution in [0.4, 0.5) is 0 Å². The molecule has 0 saturated carbocycles. The van der Waals surface area contributed by atoms with Crippen molar-refractivity contribution in [2.24, 2.45) is 0 Å². The number of thioether (sulfide) groups is 1. The topological polar surface area (TPSA) is 85.5 Å². The van der Waals surface area contributed by atoms with Gasteiger partial charge in [0.2, 0.25) is 5.89 Å². The van der Waals surface area contributed by atoms with Crippen molar-refractivity contribution >= 4 is 23.6 Å². The summed E-state index contributed by atoms with van der Waals surface area (Å²) in [5.41, 5.74) is 2.82. The second-order valence-corrected chi connectivity index (χ2v) is 7.95. The van der Waals surface area contributed by atoms with Gasteiger partial charge in [0.1, 0.15) is 0 Å². The quantitative estimate of drug-likeness (QED) is 0.444. The van der Waals surface area contributed by atoms with Gasteiger partial charge in [-0.3, -0.25) is 4.79 Å². The summed E-state index contributed by atoms with van der Waals surface area (Å²) < 4.78 is 10.4. The molecule has 1 aliphatic heterocycles. The maximum Gasteiger partial charge on any atom is 0.339 e. The number of rotatable bonds is 6. The highest BCUT2D eigenvalue weighted by Gasteiger charge is 2.22. The summed E-state index contributed by atoms with van der Waals surface area (Å²) in [6.07, 6.45) is 0.810. The number of ether oxygens (including phenoxy) is 1. The van der Waals surface area contributed by atoms with Crippen molar-refractivity contribution in [3.05, 3.63) is 76.9 Å². The van der Waals surface area contributed by atoms with Crippen LogP contribution in [0.3, 0.4) is 0 Å². The van der Waals surface area contributed by atoms with E-state index < -0.39 is 5.97 Å². The van der Waals surface area contributed by atoms with Gasteiger partial charge >= 0.3 is 5.97 Å².